The summed E-state index contributed by atoms with van der Waals surface area (Å²) in [6.07, 6.45) is 0. The zero-order chi connectivity index (χ0) is 20.2. The normalized spacial score (nSPS) is 18.9. The molecule has 1 aliphatic rings. The van der Waals surface area contributed by atoms with Gasteiger partial charge in [0.05, 0.1) is 23.4 Å². The maximum atomic E-state index is 6.25. The molecule has 0 amide bonds. The van der Waals surface area contributed by atoms with Crippen molar-refractivity contribution in [2.24, 2.45) is 0 Å². The van der Waals surface area contributed by atoms with Gasteiger partial charge < -0.3 is 9.31 Å². The molecule has 1 fully saturated rings. The fourth-order valence-electron chi connectivity index (χ4n) is 3.45. The molecule has 1 aromatic heterocycles. The molecule has 2 aromatic rings. The largest absolute Gasteiger partial charge is 0.498 e. The Balaban J connectivity index is 1.85. The Hall–Kier alpha value is -1.59. The quantitative estimate of drug-likeness (QED) is 0.764. The summed E-state index contributed by atoms with van der Waals surface area (Å²) >= 11 is 0. The molecule has 4 nitrogen and oxygen atoms in total. The molecule has 5 heteroatoms. The number of rotatable bonds is 3. The van der Waals surface area contributed by atoms with Crippen molar-refractivity contribution in [2.45, 2.75) is 85.5 Å². The number of hydrogen-bond donors (Lipinski definition) is 0. The lowest BCUT2D eigenvalue weighted by Crippen LogP contribution is -2.41. The predicted octanol–water partition coefficient (Wildman–Crippen LogP) is 4.14. The van der Waals surface area contributed by atoms with Gasteiger partial charge in [-0.05, 0) is 58.1 Å². The average molecular weight is 368 g/mol. The van der Waals surface area contributed by atoms with Crippen LogP contribution in [0.15, 0.2) is 24.3 Å². The van der Waals surface area contributed by atoms with Crippen molar-refractivity contribution in [1.82, 2.24) is 9.78 Å². The van der Waals surface area contributed by atoms with E-state index >= 15 is 0 Å². The van der Waals surface area contributed by atoms with Gasteiger partial charge in [-0.25, -0.2) is 0 Å². The van der Waals surface area contributed by atoms with Crippen molar-refractivity contribution in [2.75, 3.05) is 0 Å². The van der Waals surface area contributed by atoms with Crippen LogP contribution in [0.3, 0.4) is 0 Å². The number of nitrogens with zero attached hydrogens (tertiary/aromatic N) is 2. The Bertz CT molecular complexity index is 813. The van der Waals surface area contributed by atoms with Gasteiger partial charge in [0.2, 0.25) is 0 Å². The van der Waals surface area contributed by atoms with Crippen LogP contribution < -0.4 is 5.46 Å². The zero-order valence-corrected chi connectivity index (χ0v) is 18.3. The summed E-state index contributed by atoms with van der Waals surface area (Å²) in [6, 6.07) is 8.84. The lowest BCUT2D eigenvalue weighted by atomic mass is 9.77. The SMILES string of the molecule is Cc1nn(Cc2ccc(C(C)(C)C)cc2)c(C)c1B1OC(C)(C)C(C)(C)O1. The number of aryl methyl sites for hydroxylation is 1. The summed E-state index contributed by atoms with van der Waals surface area (Å²) in [7, 11) is -0.369. The second kappa shape index (κ2) is 6.49. The third-order valence-corrected chi connectivity index (χ3v) is 6.08. The molecule has 27 heavy (non-hydrogen) atoms. The fourth-order valence-corrected chi connectivity index (χ4v) is 3.45. The van der Waals surface area contributed by atoms with Gasteiger partial charge in [0.25, 0.3) is 0 Å². The molecule has 1 aromatic carbocycles. The molecule has 0 radical (unpaired) electrons. The molecule has 146 valence electrons. The first-order valence-electron chi connectivity index (χ1n) is 9.81. The van der Waals surface area contributed by atoms with E-state index in [9.17, 15) is 0 Å². The molecule has 0 N–H and O–H groups in total. The average Bonchev–Trinajstić information content (AvgIpc) is 2.91. The second-order valence-corrected chi connectivity index (χ2v) is 9.78. The first-order valence-corrected chi connectivity index (χ1v) is 9.81. The van der Waals surface area contributed by atoms with E-state index in [4.69, 9.17) is 14.4 Å². The van der Waals surface area contributed by atoms with Crippen molar-refractivity contribution in [3.05, 3.63) is 46.8 Å². The highest BCUT2D eigenvalue weighted by atomic mass is 16.7. The Morgan fingerprint density at radius 3 is 1.96 bits per heavy atom. The molecule has 1 aliphatic heterocycles. The van der Waals surface area contributed by atoms with Crippen LogP contribution in [0.5, 0.6) is 0 Å². The van der Waals surface area contributed by atoms with Crippen LogP contribution in [-0.4, -0.2) is 28.1 Å². The Labute approximate surface area is 164 Å². The van der Waals surface area contributed by atoms with Crippen LogP contribution in [0.2, 0.25) is 0 Å². The van der Waals surface area contributed by atoms with Gasteiger partial charge in [0.15, 0.2) is 0 Å². The zero-order valence-electron chi connectivity index (χ0n) is 18.3. The number of benzene rings is 1. The molecule has 1 saturated heterocycles. The van der Waals surface area contributed by atoms with Gasteiger partial charge in [-0.2, -0.15) is 5.10 Å². The lowest BCUT2D eigenvalue weighted by Gasteiger charge is -2.32. The molecule has 0 atom stereocenters. The second-order valence-electron chi connectivity index (χ2n) is 9.78. The maximum absolute atomic E-state index is 6.25. The smallest absolute Gasteiger partial charge is 0.399 e. The Morgan fingerprint density at radius 1 is 0.963 bits per heavy atom. The summed E-state index contributed by atoms with van der Waals surface area (Å²) in [4.78, 5) is 0. The highest BCUT2D eigenvalue weighted by Crippen LogP contribution is 2.37. The third kappa shape index (κ3) is 3.72. The van der Waals surface area contributed by atoms with Gasteiger partial charge in [-0.1, -0.05) is 45.0 Å². The standard InChI is InChI=1S/C22H33BN2O2/c1-15-19(23-26-21(6,7)22(8,9)27-23)16(2)25(24-15)14-17-10-12-18(13-11-17)20(3,4)5/h10-13H,14H2,1-9H3. The molecule has 2 heterocycles. The first kappa shape index (κ1) is 20.2. The van der Waals surface area contributed by atoms with Gasteiger partial charge in [-0.15, -0.1) is 0 Å². The Kier molecular flexibility index (Phi) is 4.85. The van der Waals surface area contributed by atoms with E-state index < -0.39 is 0 Å². The van der Waals surface area contributed by atoms with Crippen LogP contribution in [0.4, 0.5) is 0 Å². The van der Waals surface area contributed by atoms with Gasteiger partial charge in [0.1, 0.15) is 0 Å². The Morgan fingerprint density at radius 2 is 1.48 bits per heavy atom. The van der Waals surface area contributed by atoms with Crippen LogP contribution in [0.25, 0.3) is 0 Å². The minimum atomic E-state index is -0.369. The molecular weight excluding hydrogens is 335 g/mol. The van der Waals surface area contributed by atoms with Crippen LogP contribution in [-0.2, 0) is 21.3 Å². The van der Waals surface area contributed by atoms with Crippen molar-refractivity contribution < 1.29 is 9.31 Å². The van der Waals surface area contributed by atoms with Crippen molar-refractivity contribution >= 4 is 12.6 Å². The van der Waals surface area contributed by atoms with Crippen molar-refractivity contribution in [3.8, 4) is 0 Å². The first-order chi connectivity index (χ1) is 12.3. The fraction of sp³-hybridized carbons (Fsp3) is 0.591. The molecular formula is C22H33BN2O2. The minimum absolute atomic E-state index is 0.167. The number of aromatic nitrogens is 2. The topological polar surface area (TPSA) is 36.3 Å². The maximum Gasteiger partial charge on any atom is 0.498 e. The van der Waals surface area contributed by atoms with E-state index in [1.165, 1.54) is 11.1 Å². The van der Waals surface area contributed by atoms with E-state index in [1.54, 1.807) is 0 Å². The van der Waals surface area contributed by atoms with E-state index in [1.807, 2.05) is 6.92 Å². The molecule has 0 unspecified atom stereocenters. The van der Waals surface area contributed by atoms with Crippen LogP contribution in [0.1, 0.15) is 71.0 Å². The van der Waals surface area contributed by atoms with E-state index in [0.29, 0.717) is 0 Å². The number of hydrogen-bond acceptors (Lipinski definition) is 3. The molecule has 0 saturated carbocycles. The highest BCUT2D eigenvalue weighted by Gasteiger charge is 2.53. The molecule has 0 aliphatic carbocycles. The van der Waals surface area contributed by atoms with Gasteiger partial charge in [0, 0.05) is 11.2 Å². The van der Waals surface area contributed by atoms with Gasteiger partial charge >= 0.3 is 7.12 Å². The summed E-state index contributed by atoms with van der Waals surface area (Å²) in [5.41, 5.74) is 5.19. The highest BCUT2D eigenvalue weighted by molar-refractivity contribution is 6.63. The van der Waals surface area contributed by atoms with E-state index in [2.05, 4.69) is 84.3 Å². The van der Waals surface area contributed by atoms with E-state index in [-0.39, 0.29) is 23.7 Å². The third-order valence-electron chi connectivity index (χ3n) is 6.08. The lowest BCUT2D eigenvalue weighted by molar-refractivity contribution is 0.00578. The molecule has 0 spiro atoms. The summed E-state index contributed by atoms with van der Waals surface area (Å²) in [5, 5.41) is 4.77. The summed E-state index contributed by atoms with van der Waals surface area (Å²) in [5.74, 6) is 0. The predicted molar refractivity (Wildman–Crippen MR) is 112 cm³/mol. The summed E-state index contributed by atoms with van der Waals surface area (Å²) in [6.45, 7) is 19.9. The van der Waals surface area contributed by atoms with Crippen LogP contribution in [0, 0.1) is 13.8 Å². The minimum Gasteiger partial charge on any atom is -0.399 e. The van der Waals surface area contributed by atoms with E-state index in [0.717, 1.165) is 23.4 Å². The van der Waals surface area contributed by atoms with Crippen molar-refractivity contribution in [1.29, 1.82) is 0 Å². The van der Waals surface area contributed by atoms with Crippen molar-refractivity contribution in [3.63, 3.8) is 0 Å². The molecule has 3 rings (SSSR count). The van der Waals surface area contributed by atoms with Crippen LogP contribution >= 0.6 is 0 Å². The molecule has 0 bridgehead atoms. The summed E-state index contributed by atoms with van der Waals surface area (Å²) < 4.78 is 14.6. The monoisotopic (exact) mass is 368 g/mol. The van der Waals surface area contributed by atoms with Gasteiger partial charge in [-0.3, -0.25) is 4.68 Å².